The van der Waals surface area contributed by atoms with E-state index in [0.29, 0.717) is 0 Å². The van der Waals surface area contributed by atoms with Gasteiger partial charge < -0.3 is 5.11 Å². The van der Waals surface area contributed by atoms with Gasteiger partial charge >= 0.3 is 0 Å². The van der Waals surface area contributed by atoms with Crippen LogP contribution in [-0.2, 0) is 26.1 Å². The first-order chi connectivity index (χ1) is 10.7. The van der Waals surface area contributed by atoms with Gasteiger partial charge in [0.05, 0.1) is 23.2 Å². The molecule has 0 unspecified atom stereocenters. The lowest BCUT2D eigenvalue weighted by atomic mass is 10.2. The number of pyridine rings is 1. The molecule has 0 amide bonds. The van der Waals surface area contributed by atoms with Gasteiger partial charge in [0, 0.05) is 32.4 Å². The second-order valence-electron chi connectivity index (χ2n) is 6.04. The third-order valence-electron chi connectivity index (χ3n) is 4.22. The molecule has 22 heavy (non-hydrogen) atoms. The molecule has 1 aliphatic rings. The van der Waals surface area contributed by atoms with Crippen LogP contribution < -0.4 is 0 Å². The molecule has 118 valence electrons. The maximum Gasteiger partial charge on any atom is 0.0950 e. The number of fused-ring (bicyclic) bond motifs is 1. The van der Waals surface area contributed by atoms with Gasteiger partial charge in [0.1, 0.15) is 0 Å². The molecule has 0 saturated heterocycles. The SMILES string of the molecule is CCc1ccc(CN2CCCn3nc([C@H](C)O)cc3C2)nc1. The van der Waals surface area contributed by atoms with Crippen LogP contribution in [0.5, 0.6) is 0 Å². The molecule has 1 atom stereocenters. The van der Waals surface area contributed by atoms with Crippen LogP contribution >= 0.6 is 0 Å². The lowest BCUT2D eigenvalue weighted by molar-refractivity contribution is 0.193. The summed E-state index contributed by atoms with van der Waals surface area (Å²) >= 11 is 0. The molecule has 0 radical (unpaired) electrons. The van der Waals surface area contributed by atoms with Crippen molar-refractivity contribution >= 4 is 0 Å². The fraction of sp³-hybridized carbons (Fsp3) is 0.529. The van der Waals surface area contributed by atoms with E-state index in [-0.39, 0.29) is 0 Å². The Morgan fingerprint density at radius 1 is 1.32 bits per heavy atom. The van der Waals surface area contributed by atoms with E-state index in [0.717, 1.165) is 50.4 Å². The topological polar surface area (TPSA) is 54.2 Å². The van der Waals surface area contributed by atoms with Crippen molar-refractivity contribution in [1.82, 2.24) is 19.7 Å². The lowest BCUT2D eigenvalue weighted by Crippen LogP contribution is -2.23. The summed E-state index contributed by atoms with van der Waals surface area (Å²) in [6.07, 6.45) is 3.57. The number of aliphatic hydroxyl groups is 1. The fourth-order valence-corrected chi connectivity index (χ4v) is 2.88. The van der Waals surface area contributed by atoms with Crippen molar-refractivity contribution in [3.8, 4) is 0 Å². The third-order valence-corrected chi connectivity index (χ3v) is 4.22. The molecule has 0 saturated carbocycles. The van der Waals surface area contributed by atoms with E-state index in [4.69, 9.17) is 0 Å². The fourth-order valence-electron chi connectivity index (χ4n) is 2.88. The van der Waals surface area contributed by atoms with Crippen LogP contribution in [0.2, 0.25) is 0 Å². The standard InChI is InChI=1S/C17H24N4O/c1-3-14-5-6-15(18-10-14)11-20-7-4-8-21-16(12-20)9-17(19-21)13(2)22/h5-6,9-10,13,22H,3-4,7-8,11-12H2,1-2H3/t13-/m0/s1. The van der Waals surface area contributed by atoms with Crippen LogP contribution in [0.3, 0.4) is 0 Å². The smallest absolute Gasteiger partial charge is 0.0950 e. The average Bonchev–Trinajstić information content (AvgIpc) is 2.82. The maximum absolute atomic E-state index is 9.69. The average molecular weight is 300 g/mol. The zero-order valence-electron chi connectivity index (χ0n) is 13.4. The summed E-state index contributed by atoms with van der Waals surface area (Å²) in [5, 5.41) is 14.2. The molecule has 0 fully saturated rings. The number of hydrogen-bond donors (Lipinski definition) is 1. The first-order valence-electron chi connectivity index (χ1n) is 8.06. The lowest BCUT2D eigenvalue weighted by Gasteiger charge is -2.19. The van der Waals surface area contributed by atoms with Gasteiger partial charge in [-0.3, -0.25) is 14.6 Å². The second kappa shape index (κ2) is 6.58. The first kappa shape index (κ1) is 15.2. The molecule has 0 aliphatic carbocycles. The Bertz CT molecular complexity index is 618. The largest absolute Gasteiger partial charge is 0.387 e. The monoisotopic (exact) mass is 300 g/mol. The van der Waals surface area contributed by atoms with Gasteiger partial charge in [-0.1, -0.05) is 13.0 Å². The minimum Gasteiger partial charge on any atom is -0.387 e. The van der Waals surface area contributed by atoms with Gasteiger partial charge in [0.15, 0.2) is 0 Å². The minimum atomic E-state index is -0.504. The van der Waals surface area contributed by atoms with E-state index in [1.54, 1.807) is 6.92 Å². The van der Waals surface area contributed by atoms with Crippen molar-refractivity contribution < 1.29 is 5.11 Å². The molecular weight excluding hydrogens is 276 g/mol. The summed E-state index contributed by atoms with van der Waals surface area (Å²) in [6, 6.07) is 6.31. The van der Waals surface area contributed by atoms with Crippen LogP contribution in [0.25, 0.3) is 0 Å². The highest BCUT2D eigenvalue weighted by Gasteiger charge is 2.18. The van der Waals surface area contributed by atoms with Crippen molar-refractivity contribution in [3.05, 3.63) is 47.0 Å². The number of aromatic nitrogens is 3. The summed E-state index contributed by atoms with van der Waals surface area (Å²) in [7, 11) is 0. The van der Waals surface area contributed by atoms with E-state index in [1.165, 1.54) is 11.3 Å². The van der Waals surface area contributed by atoms with Crippen LogP contribution in [-0.4, -0.2) is 31.3 Å². The highest BCUT2D eigenvalue weighted by Crippen LogP contribution is 2.19. The van der Waals surface area contributed by atoms with Gasteiger partial charge in [-0.05, 0) is 37.5 Å². The number of hydrogen-bond acceptors (Lipinski definition) is 4. The maximum atomic E-state index is 9.69. The van der Waals surface area contributed by atoms with Gasteiger partial charge in [-0.15, -0.1) is 0 Å². The van der Waals surface area contributed by atoms with E-state index in [1.807, 2.05) is 16.9 Å². The molecule has 1 aliphatic heterocycles. The van der Waals surface area contributed by atoms with Gasteiger partial charge in [-0.25, -0.2) is 0 Å². The van der Waals surface area contributed by atoms with Crippen molar-refractivity contribution in [3.63, 3.8) is 0 Å². The molecule has 3 rings (SSSR count). The van der Waals surface area contributed by atoms with Crippen molar-refractivity contribution in [1.29, 1.82) is 0 Å². The highest BCUT2D eigenvalue weighted by atomic mass is 16.3. The Labute approximate surface area is 131 Å². The molecule has 5 nitrogen and oxygen atoms in total. The highest BCUT2D eigenvalue weighted by molar-refractivity contribution is 5.15. The number of nitrogens with zero attached hydrogens (tertiary/aromatic N) is 4. The molecule has 5 heteroatoms. The summed E-state index contributed by atoms with van der Waals surface area (Å²) in [4.78, 5) is 6.96. The zero-order chi connectivity index (χ0) is 15.5. The van der Waals surface area contributed by atoms with Crippen LogP contribution in [0.1, 0.15) is 49.0 Å². The predicted octanol–water partition coefficient (Wildman–Crippen LogP) is 2.30. The Kier molecular flexibility index (Phi) is 4.55. The van der Waals surface area contributed by atoms with Crippen LogP contribution in [0, 0.1) is 0 Å². The Morgan fingerprint density at radius 2 is 2.18 bits per heavy atom. The molecule has 1 N–H and O–H groups in total. The Morgan fingerprint density at radius 3 is 2.86 bits per heavy atom. The van der Waals surface area contributed by atoms with Crippen molar-refractivity contribution in [2.24, 2.45) is 0 Å². The summed E-state index contributed by atoms with van der Waals surface area (Å²) in [6.45, 7) is 7.59. The first-order valence-corrected chi connectivity index (χ1v) is 8.06. The zero-order valence-corrected chi connectivity index (χ0v) is 13.4. The second-order valence-corrected chi connectivity index (χ2v) is 6.04. The normalized spacial score (nSPS) is 17.0. The minimum absolute atomic E-state index is 0.504. The Hall–Kier alpha value is -1.72. The predicted molar refractivity (Wildman–Crippen MR) is 85.2 cm³/mol. The number of aryl methyl sites for hydroxylation is 2. The number of rotatable bonds is 4. The quantitative estimate of drug-likeness (QED) is 0.941. The molecule has 2 aromatic rings. The van der Waals surface area contributed by atoms with Crippen molar-refractivity contribution in [2.45, 2.75) is 52.4 Å². The van der Waals surface area contributed by atoms with Crippen LogP contribution in [0.4, 0.5) is 0 Å². The van der Waals surface area contributed by atoms with Crippen LogP contribution in [0.15, 0.2) is 24.4 Å². The van der Waals surface area contributed by atoms with E-state index in [9.17, 15) is 5.11 Å². The molecule has 0 spiro atoms. The van der Waals surface area contributed by atoms with E-state index >= 15 is 0 Å². The third kappa shape index (κ3) is 3.36. The Balaban J connectivity index is 1.71. The molecular formula is C17H24N4O. The molecule has 0 bridgehead atoms. The van der Waals surface area contributed by atoms with Gasteiger partial charge in [0.25, 0.3) is 0 Å². The van der Waals surface area contributed by atoms with Gasteiger partial charge in [-0.2, -0.15) is 5.10 Å². The van der Waals surface area contributed by atoms with Gasteiger partial charge in [0.2, 0.25) is 0 Å². The summed E-state index contributed by atoms with van der Waals surface area (Å²) in [5.74, 6) is 0. The summed E-state index contributed by atoms with van der Waals surface area (Å²) < 4.78 is 2.04. The molecule has 0 aromatic carbocycles. The molecule has 3 heterocycles. The molecule has 2 aromatic heterocycles. The number of aliphatic hydroxyl groups excluding tert-OH is 1. The van der Waals surface area contributed by atoms with E-state index in [2.05, 4.69) is 34.0 Å². The van der Waals surface area contributed by atoms with Crippen molar-refractivity contribution in [2.75, 3.05) is 6.54 Å². The summed E-state index contributed by atoms with van der Waals surface area (Å²) in [5.41, 5.74) is 4.33. The van der Waals surface area contributed by atoms with E-state index < -0.39 is 6.10 Å².